The summed E-state index contributed by atoms with van der Waals surface area (Å²) in [5.74, 6) is 0. The Bertz CT molecular complexity index is 179. The van der Waals surface area contributed by atoms with E-state index in [1.165, 1.54) is 0 Å². The molecule has 0 aromatic rings. The Hall–Kier alpha value is 0.274. The Balaban J connectivity index is 4.62. The van der Waals surface area contributed by atoms with Gasteiger partial charge in [-0.2, -0.15) is 0 Å². The molecule has 0 heterocycles. The number of rotatable bonds is 9. The minimum atomic E-state index is -2.47. The smallest absolute Gasteiger partial charge is 0.416 e. The van der Waals surface area contributed by atoms with Gasteiger partial charge in [0.2, 0.25) is 0 Å². The highest BCUT2D eigenvalue weighted by atomic mass is 28.5. The largest absolute Gasteiger partial charge is 0.490 e. The second-order valence-corrected chi connectivity index (χ2v) is 12.1. The van der Waals surface area contributed by atoms with Crippen LogP contribution in [-0.2, 0) is 13.0 Å². The van der Waals surface area contributed by atoms with E-state index in [1.807, 2.05) is 13.8 Å². The molecule has 0 fully saturated rings. The summed E-state index contributed by atoms with van der Waals surface area (Å²) in [6, 6.07) is 0.829. The van der Waals surface area contributed by atoms with Crippen molar-refractivity contribution < 1.29 is 13.0 Å². The van der Waals surface area contributed by atoms with Crippen LogP contribution in [0.5, 0.6) is 0 Å². The monoisotopic (exact) mass is 265 g/mol. The van der Waals surface area contributed by atoms with E-state index in [2.05, 4.69) is 19.6 Å². The number of nitrogens with two attached hydrogens (primary N) is 1. The van der Waals surface area contributed by atoms with Gasteiger partial charge >= 0.3 is 8.80 Å². The second kappa shape index (κ2) is 7.57. The fraction of sp³-hybridized carbons (Fsp3) is 1.00. The summed E-state index contributed by atoms with van der Waals surface area (Å²) < 4.78 is 17.8. The second-order valence-electron chi connectivity index (χ2n) is 4.66. The summed E-state index contributed by atoms with van der Waals surface area (Å²) in [6.07, 6.45) is 0.900. The highest BCUT2D eigenvalue weighted by Gasteiger charge is 2.43. The maximum absolute atomic E-state index is 6.19. The molecular weight excluding hydrogens is 238 g/mol. The fourth-order valence-corrected chi connectivity index (χ4v) is 8.02. The van der Waals surface area contributed by atoms with Gasteiger partial charge in [-0.1, -0.05) is 0 Å². The van der Waals surface area contributed by atoms with E-state index in [1.54, 1.807) is 0 Å². The topological polar surface area (TPSA) is 53.7 Å². The van der Waals surface area contributed by atoms with Gasteiger partial charge in [0.25, 0.3) is 0 Å². The highest BCUT2D eigenvalue weighted by Crippen LogP contribution is 2.22. The summed E-state index contributed by atoms with van der Waals surface area (Å²) in [6.45, 7) is 12.4. The molecule has 16 heavy (non-hydrogen) atoms. The van der Waals surface area contributed by atoms with Crippen molar-refractivity contribution in [1.29, 1.82) is 0 Å². The number of hydrogen-bond donors (Lipinski definition) is 1. The van der Waals surface area contributed by atoms with Crippen molar-refractivity contribution in [2.75, 3.05) is 19.8 Å². The molecule has 0 unspecified atom stereocenters. The lowest BCUT2D eigenvalue weighted by Crippen LogP contribution is -2.52. The van der Waals surface area contributed by atoms with Gasteiger partial charge in [0.15, 0.2) is 8.32 Å². The zero-order valence-electron chi connectivity index (χ0n) is 11.3. The van der Waals surface area contributed by atoms with E-state index in [4.69, 9.17) is 18.7 Å². The van der Waals surface area contributed by atoms with Gasteiger partial charge in [-0.05, 0) is 46.5 Å². The fourth-order valence-electron chi connectivity index (χ4n) is 1.52. The van der Waals surface area contributed by atoms with E-state index in [0.717, 1.165) is 12.5 Å². The lowest BCUT2D eigenvalue weighted by molar-refractivity contribution is 0.114. The molecule has 0 saturated heterocycles. The molecule has 98 valence electrons. The summed E-state index contributed by atoms with van der Waals surface area (Å²) in [4.78, 5) is 0. The molecule has 0 aliphatic carbocycles. The highest BCUT2D eigenvalue weighted by molar-refractivity contribution is 6.80. The standard InChI is InChI=1S/C10H27NO3Si2/c1-6-12-16(13-7-2,10-8-9-11)14-15(3,4)5/h6-11H2,1-5H3. The van der Waals surface area contributed by atoms with Crippen molar-refractivity contribution in [2.45, 2.75) is 46.0 Å². The first-order valence-electron chi connectivity index (χ1n) is 6.07. The quantitative estimate of drug-likeness (QED) is 0.649. The van der Waals surface area contributed by atoms with Crippen molar-refractivity contribution in [3.63, 3.8) is 0 Å². The summed E-state index contributed by atoms with van der Waals surface area (Å²) in [5.41, 5.74) is 5.56. The van der Waals surface area contributed by atoms with Crippen LogP contribution in [0.3, 0.4) is 0 Å². The van der Waals surface area contributed by atoms with Crippen molar-refractivity contribution >= 4 is 17.1 Å². The molecule has 0 radical (unpaired) electrons. The van der Waals surface area contributed by atoms with Crippen molar-refractivity contribution in [3.05, 3.63) is 0 Å². The van der Waals surface area contributed by atoms with E-state index in [9.17, 15) is 0 Å². The molecule has 0 atom stereocenters. The van der Waals surface area contributed by atoms with E-state index >= 15 is 0 Å². The third kappa shape index (κ3) is 6.77. The van der Waals surface area contributed by atoms with Crippen LogP contribution < -0.4 is 5.73 Å². The SMILES string of the molecule is CCO[Si](CCCN)(OCC)O[Si](C)(C)C. The molecule has 0 amide bonds. The van der Waals surface area contributed by atoms with Gasteiger partial charge in [0.05, 0.1) is 0 Å². The molecule has 0 aliphatic rings. The number of hydrogen-bond acceptors (Lipinski definition) is 4. The Labute approximate surface area is 102 Å². The predicted octanol–water partition coefficient (Wildman–Crippen LogP) is 2.20. The molecule has 4 nitrogen and oxygen atoms in total. The minimum absolute atomic E-state index is 0.640. The van der Waals surface area contributed by atoms with E-state index in [-0.39, 0.29) is 0 Å². The van der Waals surface area contributed by atoms with Gasteiger partial charge in [0.1, 0.15) is 0 Å². The first-order valence-corrected chi connectivity index (χ1v) is 11.4. The van der Waals surface area contributed by atoms with E-state index in [0.29, 0.717) is 19.8 Å². The lowest BCUT2D eigenvalue weighted by Gasteiger charge is -2.34. The van der Waals surface area contributed by atoms with Crippen LogP contribution >= 0.6 is 0 Å². The molecule has 2 N–H and O–H groups in total. The van der Waals surface area contributed by atoms with Crippen LogP contribution in [0.1, 0.15) is 20.3 Å². The Morgan fingerprint density at radius 3 is 1.81 bits per heavy atom. The Kier molecular flexibility index (Phi) is 7.70. The first-order chi connectivity index (χ1) is 7.39. The van der Waals surface area contributed by atoms with Crippen molar-refractivity contribution in [2.24, 2.45) is 5.73 Å². The molecule has 0 aromatic carbocycles. The van der Waals surface area contributed by atoms with Gasteiger partial charge in [-0.3, -0.25) is 0 Å². The van der Waals surface area contributed by atoms with Crippen LogP contribution in [0.4, 0.5) is 0 Å². The molecule has 0 bridgehead atoms. The maximum Gasteiger partial charge on any atom is 0.490 e. The molecule has 0 aromatic heterocycles. The average Bonchev–Trinajstić information content (AvgIpc) is 2.13. The third-order valence-electron chi connectivity index (χ3n) is 1.88. The van der Waals surface area contributed by atoms with Crippen LogP contribution in [0, 0.1) is 0 Å². The predicted molar refractivity (Wildman–Crippen MR) is 71.9 cm³/mol. The molecule has 6 heteroatoms. The van der Waals surface area contributed by atoms with Crippen LogP contribution in [0.2, 0.25) is 25.7 Å². The Morgan fingerprint density at radius 2 is 1.50 bits per heavy atom. The Morgan fingerprint density at radius 1 is 1.00 bits per heavy atom. The molecule has 0 spiro atoms. The van der Waals surface area contributed by atoms with Crippen LogP contribution in [-0.4, -0.2) is 36.9 Å². The molecule has 0 rings (SSSR count). The van der Waals surface area contributed by atoms with Gasteiger partial charge < -0.3 is 18.7 Å². The zero-order chi connectivity index (χ0) is 12.7. The average molecular weight is 266 g/mol. The van der Waals surface area contributed by atoms with Crippen molar-refractivity contribution in [1.82, 2.24) is 0 Å². The minimum Gasteiger partial charge on any atom is -0.416 e. The summed E-state index contributed by atoms with van der Waals surface area (Å²) in [7, 11) is -4.12. The van der Waals surface area contributed by atoms with Gasteiger partial charge in [0, 0.05) is 19.3 Å². The molecular formula is C10H27NO3Si2. The van der Waals surface area contributed by atoms with Gasteiger partial charge in [-0.25, -0.2) is 0 Å². The summed E-state index contributed by atoms with van der Waals surface area (Å²) in [5, 5.41) is 0. The molecule has 0 aliphatic heterocycles. The van der Waals surface area contributed by atoms with Gasteiger partial charge in [-0.15, -0.1) is 0 Å². The van der Waals surface area contributed by atoms with Crippen LogP contribution in [0.25, 0.3) is 0 Å². The third-order valence-corrected chi connectivity index (χ3v) is 7.99. The zero-order valence-corrected chi connectivity index (χ0v) is 13.3. The van der Waals surface area contributed by atoms with Crippen LogP contribution in [0.15, 0.2) is 0 Å². The van der Waals surface area contributed by atoms with Crippen molar-refractivity contribution in [3.8, 4) is 0 Å². The van der Waals surface area contributed by atoms with E-state index < -0.39 is 17.1 Å². The first kappa shape index (κ1) is 16.3. The lowest BCUT2D eigenvalue weighted by atomic mass is 10.5. The maximum atomic E-state index is 6.19. The normalized spacial score (nSPS) is 13.1. The molecule has 0 saturated carbocycles. The summed E-state index contributed by atoms with van der Waals surface area (Å²) >= 11 is 0.